The Kier molecular flexibility index (Phi) is 6.66. The fourth-order valence-electron chi connectivity index (χ4n) is 4.30. The van der Waals surface area contributed by atoms with Gasteiger partial charge in [-0.3, -0.25) is 4.79 Å². The fraction of sp³-hybridized carbons (Fsp3) is 0.222. The molecule has 170 valence electrons. The molecule has 1 saturated heterocycles. The molecule has 0 spiro atoms. The van der Waals surface area contributed by atoms with Crippen LogP contribution in [-0.4, -0.2) is 46.5 Å². The van der Waals surface area contributed by atoms with E-state index in [4.69, 9.17) is 11.5 Å². The van der Waals surface area contributed by atoms with Crippen LogP contribution in [0.1, 0.15) is 28.4 Å². The predicted molar refractivity (Wildman–Crippen MR) is 131 cm³/mol. The van der Waals surface area contributed by atoms with Crippen molar-refractivity contribution in [1.82, 2.24) is 9.80 Å². The number of hydrogen-bond donors (Lipinski definition) is 3. The van der Waals surface area contributed by atoms with Gasteiger partial charge in [-0.15, -0.1) is 0 Å². The average molecular weight is 443 g/mol. The van der Waals surface area contributed by atoms with Gasteiger partial charge in [-0.1, -0.05) is 66.7 Å². The molecular formula is C27H30N4O2. The molecule has 0 aliphatic carbocycles. The van der Waals surface area contributed by atoms with Gasteiger partial charge >= 0.3 is 0 Å². The topological polar surface area (TPSA) is 95.8 Å². The van der Waals surface area contributed by atoms with Crippen LogP contribution in [0.3, 0.4) is 0 Å². The van der Waals surface area contributed by atoms with Crippen LogP contribution >= 0.6 is 0 Å². The lowest BCUT2D eigenvalue weighted by atomic mass is 10.1. The lowest BCUT2D eigenvalue weighted by molar-refractivity contribution is 0.0614. The van der Waals surface area contributed by atoms with E-state index in [1.807, 2.05) is 83.8 Å². The minimum Gasteiger partial charge on any atom is -0.398 e. The van der Waals surface area contributed by atoms with Crippen LogP contribution in [0.5, 0.6) is 0 Å². The number of carbonyl (C=O) groups excluding carboxylic acids is 1. The second-order valence-electron chi connectivity index (χ2n) is 8.36. The highest BCUT2D eigenvalue weighted by Gasteiger charge is 2.28. The number of nitrogens with two attached hydrogens (primary N) is 2. The molecule has 3 aromatic rings. The van der Waals surface area contributed by atoms with Crippen LogP contribution in [-0.2, 0) is 6.61 Å². The standard InChI is InChI=1S/C27H30N4O2/c1-19-17-30(27(33)22-7-3-2-4-8-22)15-16-31(19)26(29)24-10-6-5-9-23(24)25(28)21-13-11-20(18-32)12-14-21/h2-14,19,32H,15-18,28-29H2,1H3/b25-23-,26-24+. The summed E-state index contributed by atoms with van der Waals surface area (Å²) < 4.78 is 0. The largest absolute Gasteiger partial charge is 0.398 e. The Balaban J connectivity index is 1.65. The monoisotopic (exact) mass is 442 g/mol. The highest BCUT2D eigenvalue weighted by atomic mass is 16.3. The van der Waals surface area contributed by atoms with Crippen molar-refractivity contribution in [3.8, 4) is 0 Å². The maximum absolute atomic E-state index is 12.9. The first-order valence-electron chi connectivity index (χ1n) is 11.2. The number of nitrogens with zero attached hydrogens (tertiary/aromatic N) is 2. The number of amides is 1. The zero-order valence-electron chi connectivity index (χ0n) is 18.8. The summed E-state index contributed by atoms with van der Waals surface area (Å²) in [5.74, 6) is 0.699. The first kappa shape index (κ1) is 22.4. The summed E-state index contributed by atoms with van der Waals surface area (Å²) in [7, 11) is 0. The van der Waals surface area contributed by atoms with Crippen molar-refractivity contribution < 1.29 is 9.90 Å². The van der Waals surface area contributed by atoms with Crippen molar-refractivity contribution in [1.29, 1.82) is 0 Å². The van der Waals surface area contributed by atoms with Gasteiger partial charge in [0, 0.05) is 47.4 Å². The molecule has 33 heavy (non-hydrogen) atoms. The summed E-state index contributed by atoms with van der Waals surface area (Å²) in [5, 5.41) is 11.0. The van der Waals surface area contributed by atoms with E-state index in [1.165, 1.54) is 0 Å². The van der Waals surface area contributed by atoms with E-state index in [9.17, 15) is 9.90 Å². The van der Waals surface area contributed by atoms with E-state index in [-0.39, 0.29) is 18.6 Å². The smallest absolute Gasteiger partial charge is 0.253 e. The Morgan fingerprint density at radius 3 is 2.15 bits per heavy atom. The fourth-order valence-corrected chi connectivity index (χ4v) is 4.30. The zero-order chi connectivity index (χ0) is 23.4. The van der Waals surface area contributed by atoms with Crippen LogP contribution in [0.2, 0.25) is 0 Å². The molecule has 3 aromatic carbocycles. The molecule has 0 radical (unpaired) electrons. The Labute approximate surface area is 194 Å². The molecule has 0 aromatic heterocycles. The number of aliphatic hydroxyl groups is 1. The molecule has 1 aliphatic rings. The lowest BCUT2D eigenvalue weighted by Crippen LogP contribution is -2.55. The van der Waals surface area contributed by atoms with Gasteiger partial charge in [-0.2, -0.15) is 0 Å². The van der Waals surface area contributed by atoms with Gasteiger partial charge in [0.15, 0.2) is 0 Å². The van der Waals surface area contributed by atoms with Gasteiger partial charge in [0.25, 0.3) is 5.91 Å². The normalized spacial score (nSPS) is 18.1. The van der Waals surface area contributed by atoms with Crippen molar-refractivity contribution in [3.05, 3.63) is 106 Å². The average Bonchev–Trinajstić information content (AvgIpc) is 2.88. The number of rotatable bonds is 4. The molecular weight excluding hydrogens is 412 g/mol. The zero-order valence-corrected chi connectivity index (χ0v) is 18.8. The highest BCUT2D eigenvalue weighted by molar-refractivity contribution is 5.94. The second kappa shape index (κ2) is 9.79. The van der Waals surface area contributed by atoms with Crippen molar-refractivity contribution in [2.24, 2.45) is 11.5 Å². The summed E-state index contributed by atoms with van der Waals surface area (Å²) in [6.45, 7) is 3.92. The number of hydrogen-bond acceptors (Lipinski definition) is 5. The molecule has 1 aliphatic heterocycles. The van der Waals surface area contributed by atoms with E-state index < -0.39 is 0 Å². The lowest BCUT2D eigenvalue weighted by Gasteiger charge is -2.41. The van der Waals surface area contributed by atoms with Crippen LogP contribution in [0, 0.1) is 0 Å². The van der Waals surface area contributed by atoms with Crippen molar-refractivity contribution in [2.75, 3.05) is 19.6 Å². The van der Waals surface area contributed by atoms with Gasteiger partial charge in [-0.25, -0.2) is 0 Å². The van der Waals surface area contributed by atoms with Crippen LogP contribution in [0.25, 0.3) is 11.5 Å². The van der Waals surface area contributed by atoms with Gasteiger partial charge < -0.3 is 26.4 Å². The molecule has 6 nitrogen and oxygen atoms in total. The number of aliphatic hydroxyl groups excluding tert-OH is 1. The predicted octanol–water partition coefficient (Wildman–Crippen LogP) is 1.17. The Bertz CT molecular complexity index is 1240. The Morgan fingerprint density at radius 2 is 1.52 bits per heavy atom. The molecule has 5 N–H and O–H groups in total. The van der Waals surface area contributed by atoms with E-state index in [0.717, 1.165) is 21.6 Å². The van der Waals surface area contributed by atoms with E-state index in [2.05, 4.69) is 11.8 Å². The number of carbonyl (C=O) groups is 1. The molecule has 0 bridgehead atoms. The van der Waals surface area contributed by atoms with Crippen LogP contribution in [0.4, 0.5) is 0 Å². The van der Waals surface area contributed by atoms with Gasteiger partial charge in [-0.05, 0) is 30.2 Å². The van der Waals surface area contributed by atoms with Gasteiger partial charge in [0.2, 0.25) is 0 Å². The number of benzene rings is 3. The summed E-state index contributed by atoms with van der Waals surface area (Å²) >= 11 is 0. The van der Waals surface area contributed by atoms with Crippen molar-refractivity contribution in [3.63, 3.8) is 0 Å². The third-order valence-electron chi connectivity index (χ3n) is 6.19. The summed E-state index contributed by atoms with van der Waals surface area (Å²) in [6.07, 6.45) is 0. The van der Waals surface area contributed by atoms with E-state index >= 15 is 0 Å². The highest BCUT2D eigenvalue weighted by Crippen LogP contribution is 2.16. The van der Waals surface area contributed by atoms with Crippen LogP contribution < -0.4 is 21.9 Å². The first-order chi connectivity index (χ1) is 16.0. The Hall–Kier alpha value is -3.77. The van der Waals surface area contributed by atoms with Gasteiger partial charge in [0.1, 0.15) is 5.82 Å². The minimum atomic E-state index is -0.00581. The Morgan fingerprint density at radius 1 is 0.879 bits per heavy atom. The maximum atomic E-state index is 12.9. The molecule has 1 fully saturated rings. The van der Waals surface area contributed by atoms with Crippen molar-refractivity contribution in [2.45, 2.75) is 19.6 Å². The molecule has 1 atom stereocenters. The summed E-state index contributed by atoms with van der Waals surface area (Å²) in [6, 6.07) is 24.8. The molecule has 6 heteroatoms. The minimum absolute atomic E-state index is 0.00581. The molecule has 1 unspecified atom stereocenters. The maximum Gasteiger partial charge on any atom is 0.253 e. The first-order valence-corrected chi connectivity index (χ1v) is 11.2. The van der Waals surface area contributed by atoms with E-state index in [0.29, 0.717) is 36.7 Å². The molecule has 4 rings (SSSR count). The summed E-state index contributed by atoms with van der Waals surface area (Å²) in [5.41, 5.74) is 16.3. The molecule has 0 saturated carbocycles. The van der Waals surface area contributed by atoms with E-state index in [1.54, 1.807) is 0 Å². The second-order valence-corrected chi connectivity index (χ2v) is 8.36. The van der Waals surface area contributed by atoms with Crippen LogP contribution in [0.15, 0.2) is 78.9 Å². The summed E-state index contributed by atoms with van der Waals surface area (Å²) in [4.78, 5) is 16.9. The third kappa shape index (κ3) is 4.71. The number of piperazine rings is 1. The van der Waals surface area contributed by atoms with Gasteiger partial charge in [0.05, 0.1) is 6.61 Å². The third-order valence-corrected chi connectivity index (χ3v) is 6.19. The molecule has 1 amide bonds. The molecule has 1 heterocycles. The quantitative estimate of drug-likeness (QED) is 0.564. The SMILES string of the molecule is CC1CN(C(=O)c2ccccc2)CCN1/C(N)=c1\cccc\c1=C(\N)c1ccc(CO)cc1. The van der Waals surface area contributed by atoms with Crippen molar-refractivity contribution >= 4 is 17.4 Å².